The maximum absolute atomic E-state index is 13.8. The molecular formula is C27H20N4O7S3. The van der Waals surface area contributed by atoms with E-state index in [1.807, 2.05) is 17.5 Å². The first kappa shape index (κ1) is 26.9. The molecule has 2 aliphatic rings. The third kappa shape index (κ3) is 4.73. The summed E-state index contributed by atoms with van der Waals surface area (Å²) in [7, 11) is 1.54. The van der Waals surface area contributed by atoms with Gasteiger partial charge in [-0.1, -0.05) is 29.2 Å². The van der Waals surface area contributed by atoms with Crippen molar-refractivity contribution in [2.24, 2.45) is 5.92 Å². The van der Waals surface area contributed by atoms with E-state index in [9.17, 15) is 29.3 Å². The highest BCUT2D eigenvalue weighted by atomic mass is 32.2. The highest BCUT2D eigenvalue weighted by molar-refractivity contribution is 8.00. The van der Waals surface area contributed by atoms with Crippen molar-refractivity contribution in [2.75, 3.05) is 17.3 Å². The lowest BCUT2D eigenvalue weighted by atomic mass is 9.87. The zero-order chi connectivity index (χ0) is 28.8. The lowest BCUT2D eigenvalue weighted by molar-refractivity contribution is -0.384. The van der Waals surface area contributed by atoms with Gasteiger partial charge in [0.2, 0.25) is 17.7 Å². The van der Waals surface area contributed by atoms with Gasteiger partial charge in [-0.25, -0.2) is 4.90 Å². The van der Waals surface area contributed by atoms with Crippen molar-refractivity contribution < 1.29 is 24.0 Å². The fourth-order valence-corrected chi connectivity index (χ4v) is 8.75. The number of hydrogen-bond acceptors (Lipinski definition) is 10. The number of benzene rings is 2. The Bertz CT molecular complexity index is 1730. The fraction of sp³-hybridized carbons (Fsp3) is 0.185. The van der Waals surface area contributed by atoms with Crippen LogP contribution in [0.15, 0.2) is 75.9 Å². The molecule has 0 aliphatic carbocycles. The van der Waals surface area contributed by atoms with Gasteiger partial charge >= 0.3 is 4.87 Å². The Labute approximate surface area is 244 Å². The summed E-state index contributed by atoms with van der Waals surface area (Å²) in [6.07, 6.45) is 0. The first-order valence-corrected chi connectivity index (χ1v) is 14.8. The molecule has 0 spiro atoms. The van der Waals surface area contributed by atoms with Gasteiger partial charge in [0.15, 0.2) is 0 Å². The number of carbonyl (C=O) groups is 3. The van der Waals surface area contributed by atoms with Crippen LogP contribution in [0.1, 0.15) is 15.7 Å². The summed E-state index contributed by atoms with van der Waals surface area (Å²) in [4.78, 5) is 66.4. The summed E-state index contributed by atoms with van der Waals surface area (Å²) >= 11 is 3.50. The predicted molar refractivity (Wildman–Crippen MR) is 155 cm³/mol. The molecule has 1 fully saturated rings. The molecule has 0 radical (unpaired) electrons. The number of nitro benzene ring substituents is 1. The van der Waals surface area contributed by atoms with Crippen LogP contribution in [0.4, 0.5) is 17.1 Å². The number of ether oxygens (including phenoxy) is 1. The number of thiophene rings is 1. The predicted octanol–water partition coefficient (Wildman–Crippen LogP) is 4.32. The maximum Gasteiger partial charge on any atom is 0.308 e. The van der Waals surface area contributed by atoms with Crippen molar-refractivity contribution in [3.8, 4) is 5.75 Å². The van der Waals surface area contributed by atoms with Gasteiger partial charge in [0.25, 0.3) is 5.69 Å². The van der Waals surface area contributed by atoms with Crippen LogP contribution in [0.5, 0.6) is 5.75 Å². The second-order valence-corrected chi connectivity index (χ2v) is 12.3. The van der Waals surface area contributed by atoms with Gasteiger partial charge in [0.1, 0.15) is 17.5 Å². The Hall–Kier alpha value is -4.27. The zero-order valence-corrected chi connectivity index (χ0v) is 23.7. The number of amides is 3. The number of non-ortho nitro benzene ring substituents is 1. The molecule has 208 valence electrons. The highest BCUT2D eigenvalue weighted by Crippen LogP contribution is 2.54. The van der Waals surface area contributed by atoms with Crippen LogP contribution in [0.25, 0.3) is 0 Å². The zero-order valence-electron chi connectivity index (χ0n) is 21.2. The van der Waals surface area contributed by atoms with Crippen LogP contribution >= 0.6 is 34.4 Å². The van der Waals surface area contributed by atoms with Gasteiger partial charge in [-0.15, -0.1) is 11.3 Å². The van der Waals surface area contributed by atoms with Gasteiger partial charge in [-0.2, -0.15) is 0 Å². The minimum absolute atomic E-state index is 0.157. The molecule has 41 heavy (non-hydrogen) atoms. The number of fused-ring (bicyclic) bond motifs is 2. The largest absolute Gasteiger partial charge is 0.497 e. The number of nitro groups is 1. The van der Waals surface area contributed by atoms with Crippen molar-refractivity contribution in [3.05, 3.63) is 95.6 Å². The van der Waals surface area contributed by atoms with Crippen molar-refractivity contribution in [3.63, 3.8) is 0 Å². The number of imide groups is 1. The van der Waals surface area contributed by atoms with Crippen LogP contribution in [-0.4, -0.2) is 39.6 Å². The van der Waals surface area contributed by atoms with E-state index in [-0.39, 0.29) is 22.8 Å². The smallest absolute Gasteiger partial charge is 0.308 e. The molecular weight excluding hydrogens is 589 g/mol. The van der Waals surface area contributed by atoms with E-state index >= 15 is 0 Å². The van der Waals surface area contributed by atoms with Crippen LogP contribution in [-0.2, 0) is 20.9 Å². The Balaban J connectivity index is 1.34. The van der Waals surface area contributed by atoms with Crippen molar-refractivity contribution in [1.82, 2.24) is 4.57 Å². The summed E-state index contributed by atoms with van der Waals surface area (Å²) in [5.41, 5.74) is 0.618. The van der Waals surface area contributed by atoms with E-state index in [0.29, 0.717) is 21.3 Å². The van der Waals surface area contributed by atoms with E-state index < -0.39 is 39.7 Å². The molecule has 0 bridgehead atoms. The molecule has 1 N–H and O–H groups in total. The molecule has 14 heteroatoms. The van der Waals surface area contributed by atoms with E-state index in [4.69, 9.17) is 4.74 Å². The van der Waals surface area contributed by atoms with Gasteiger partial charge in [0, 0.05) is 33.5 Å². The van der Waals surface area contributed by atoms with Gasteiger partial charge in [-0.3, -0.25) is 33.9 Å². The lowest BCUT2D eigenvalue weighted by Crippen LogP contribution is -2.32. The number of carbonyl (C=O) groups excluding carboxylic acids is 3. The fourth-order valence-electron chi connectivity index (χ4n) is 5.03. The minimum Gasteiger partial charge on any atom is -0.497 e. The average Bonchev–Trinajstić information content (AvgIpc) is 3.66. The number of thioether (sulfide) groups is 1. The summed E-state index contributed by atoms with van der Waals surface area (Å²) in [6.45, 7) is -0.271. The molecule has 0 saturated carbocycles. The number of nitrogens with one attached hydrogen (secondary N) is 1. The Morgan fingerprint density at radius 1 is 1.05 bits per heavy atom. The average molecular weight is 609 g/mol. The Kier molecular flexibility index (Phi) is 6.97. The molecule has 11 nitrogen and oxygen atoms in total. The molecule has 2 aromatic heterocycles. The summed E-state index contributed by atoms with van der Waals surface area (Å²) in [5, 5.41) is 15.4. The highest BCUT2D eigenvalue weighted by Gasteiger charge is 2.57. The summed E-state index contributed by atoms with van der Waals surface area (Å²) in [5.74, 6) is -2.04. The molecule has 4 heterocycles. The number of hydrogen-bond donors (Lipinski definition) is 1. The summed E-state index contributed by atoms with van der Waals surface area (Å²) < 4.78 is 6.49. The molecule has 4 aromatic rings. The number of anilines is 2. The minimum atomic E-state index is -0.845. The van der Waals surface area contributed by atoms with Crippen molar-refractivity contribution >= 4 is 69.2 Å². The molecule has 3 amide bonds. The second-order valence-electron chi connectivity index (χ2n) is 9.24. The normalized spacial score (nSPS) is 19.5. The lowest BCUT2D eigenvalue weighted by Gasteiger charge is -2.29. The monoisotopic (exact) mass is 608 g/mol. The molecule has 6 rings (SSSR count). The van der Waals surface area contributed by atoms with E-state index in [2.05, 4.69) is 5.32 Å². The number of nitrogens with zero attached hydrogens (tertiary/aromatic N) is 3. The van der Waals surface area contributed by atoms with E-state index in [0.717, 1.165) is 32.9 Å². The number of aromatic nitrogens is 1. The topological polar surface area (TPSA) is 141 Å². The van der Waals surface area contributed by atoms with Crippen LogP contribution in [0.3, 0.4) is 0 Å². The molecule has 2 aliphatic heterocycles. The first-order chi connectivity index (χ1) is 19.8. The second kappa shape index (κ2) is 10.6. The molecule has 3 atom stereocenters. The van der Waals surface area contributed by atoms with Crippen LogP contribution < -0.4 is 19.8 Å². The maximum atomic E-state index is 13.8. The third-order valence-electron chi connectivity index (χ3n) is 6.89. The number of rotatable bonds is 7. The van der Waals surface area contributed by atoms with Crippen LogP contribution in [0, 0.1) is 16.0 Å². The number of thiazole rings is 1. The van der Waals surface area contributed by atoms with Gasteiger partial charge in [0.05, 0.1) is 28.7 Å². The Morgan fingerprint density at radius 3 is 2.41 bits per heavy atom. The van der Waals surface area contributed by atoms with Crippen molar-refractivity contribution in [1.29, 1.82) is 0 Å². The third-order valence-corrected chi connectivity index (χ3v) is 10.5. The molecule has 0 unspecified atom stereocenters. The first-order valence-electron chi connectivity index (χ1n) is 12.3. The quantitative estimate of drug-likeness (QED) is 0.186. The molecule has 1 saturated heterocycles. The molecule has 2 aromatic carbocycles. The SMILES string of the molecule is COc1ccc(NC(=O)Cn2c3c(sc2=O)[C@@H](c2cccs2)[C@H]2C(=O)N(c4ccc([N+](=O)[O-])cc4)C(=O)[C@H]2S3)cc1. The summed E-state index contributed by atoms with van der Waals surface area (Å²) in [6, 6.07) is 15.7. The number of methoxy groups -OCH3 is 1. The van der Waals surface area contributed by atoms with E-state index in [1.54, 1.807) is 31.4 Å². The van der Waals surface area contributed by atoms with Gasteiger partial charge < -0.3 is 10.1 Å². The standard InChI is InChI=1S/C27H20N4O7S3/c1-38-17-10-4-14(5-11-17)28-19(32)13-29-26-23(41-27(29)35)20(18-3-2-12-39-18)21-22(40-26)25(34)30(24(21)33)15-6-8-16(9-7-15)31(36)37/h2-12,20-22H,13H2,1H3,(H,28,32)/t20-,21+,22-/m0/s1. The van der Waals surface area contributed by atoms with Crippen molar-refractivity contribution in [2.45, 2.75) is 22.7 Å². The van der Waals surface area contributed by atoms with E-state index in [1.165, 1.54) is 40.2 Å². The van der Waals surface area contributed by atoms with Crippen LogP contribution in [0.2, 0.25) is 0 Å². The Morgan fingerprint density at radius 2 is 1.78 bits per heavy atom. The van der Waals surface area contributed by atoms with Gasteiger partial charge in [-0.05, 0) is 47.8 Å².